The highest BCUT2D eigenvalue weighted by Gasteiger charge is 2.28. The number of aromatic nitrogens is 1. The summed E-state index contributed by atoms with van der Waals surface area (Å²) >= 11 is 0. The molecule has 1 aromatic heterocycles. The number of amides is 1. The summed E-state index contributed by atoms with van der Waals surface area (Å²) in [6.45, 7) is 2.66. The highest BCUT2D eigenvalue weighted by Crippen LogP contribution is 2.15. The second-order valence-corrected chi connectivity index (χ2v) is 4.54. The Balaban J connectivity index is 2.13. The Hall–Kier alpha value is -1.70. The van der Waals surface area contributed by atoms with E-state index in [-0.39, 0.29) is 24.7 Å². The van der Waals surface area contributed by atoms with Gasteiger partial charge in [0.05, 0.1) is 18.8 Å². The lowest BCUT2D eigenvalue weighted by Crippen LogP contribution is -2.50. The number of nitrogens with zero attached hydrogens (tertiary/aromatic N) is 2. The molecule has 104 valence electrons. The van der Waals surface area contributed by atoms with Gasteiger partial charge in [-0.25, -0.2) is 10.8 Å². The average Bonchev–Trinajstić information content (AvgIpc) is 2.45. The minimum Gasteiger partial charge on any atom is -0.394 e. The molecule has 0 bridgehead atoms. The van der Waals surface area contributed by atoms with Crippen molar-refractivity contribution in [3.05, 3.63) is 23.9 Å². The number of hydrazine groups is 1. The maximum Gasteiger partial charge on any atom is 0.254 e. The van der Waals surface area contributed by atoms with Gasteiger partial charge < -0.3 is 20.2 Å². The topological polar surface area (TPSA) is 101 Å². The third-order valence-corrected chi connectivity index (χ3v) is 2.97. The van der Waals surface area contributed by atoms with E-state index in [1.165, 1.54) is 6.20 Å². The van der Waals surface area contributed by atoms with E-state index in [2.05, 4.69) is 10.4 Å². The van der Waals surface area contributed by atoms with E-state index in [4.69, 9.17) is 15.7 Å². The summed E-state index contributed by atoms with van der Waals surface area (Å²) in [6.07, 6.45) is 1.10. The molecule has 1 aliphatic heterocycles. The fourth-order valence-corrected chi connectivity index (χ4v) is 2.14. The number of hydrogen-bond donors (Lipinski definition) is 3. The minimum atomic E-state index is -0.332. The van der Waals surface area contributed by atoms with Gasteiger partial charge in [-0.15, -0.1) is 0 Å². The van der Waals surface area contributed by atoms with E-state index in [1.54, 1.807) is 17.0 Å². The SMILES string of the molecule is CC1CN(C(=O)c2ccnc(NN)c2)CC(CO)O1. The van der Waals surface area contributed by atoms with Crippen molar-refractivity contribution in [1.82, 2.24) is 9.88 Å². The van der Waals surface area contributed by atoms with Crippen LogP contribution in [-0.4, -0.2) is 52.8 Å². The summed E-state index contributed by atoms with van der Waals surface area (Å²) in [4.78, 5) is 18.0. The van der Waals surface area contributed by atoms with Crippen molar-refractivity contribution in [1.29, 1.82) is 0 Å². The maximum atomic E-state index is 12.4. The molecule has 0 saturated carbocycles. The van der Waals surface area contributed by atoms with E-state index < -0.39 is 0 Å². The van der Waals surface area contributed by atoms with E-state index in [0.29, 0.717) is 24.5 Å². The lowest BCUT2D eigenvalue weighted by atomic mass is 10.1. The molecule has 7 nitrogen and oxygen atoms in total. The third-order valence-electron chi connectivity index (χ3n) is 2.97. The Bertz CT molecular complexity index is 454. The van der Waals surface area contributed by atoms with Crippen molar-refractivity contribution in [3.63, 3.8) is 0 Å². The van der Waals surface area contributed by atoms with Gasteiger partial charge in [-0.1, -0.05) is 0 Å². The monoisotopic (exact) mass is 266 g/mol. The molecule has 19 heavy (non-hydrogen) atoms. The van der Waals surface area contributed by atoms with Crippen LogP contribution in [0, 0.1) is 0 Å². The molecule has 1 saturated heterocycles. The minimum absolute atomic E-state index is 0.0937. The van der Waals surface area contributed by atoms with Crippen LogP contribution in [0.3, 0.4) is 0 Å². The number of morpholine rings is 1. The second kappa shape index (κ2) is 5.96. The molecule has 4 N–H and O–H groups in total. The molecule has 0 radical (unpaired) electrons. The van der Waals surface area contributed by atoms with E-state index in [1.807, 2.05) is 6.92 Å². The zero-order valence-electron chi connectivity index (χ0n) is 10.7. The molecule has 0 aromatic carbocycles. The fourth-order valence-electron chi connectivity index (χ4n) is 2.14. The van der Waals surface area contributed by atoms with Gasteiger partial charge in [0.2, 0.25) is 0 Å². The van der Waals surface area contributed by atoms with Gasteiger partial charge in [-0.3, -0.25) is 4.79 Å². The molecule has 1 fully saturated rings. The number of hydrogen-bond acceptors (Lipinski definition) is 6. The molecule has 1 aromatic rings. The zero-order chi connectivity index (χ0) is 13.8. The smallest absolute Gasteiger partial charge is 0.254 e. The number of anilines is 1. The van der Waals surface area contributed by atoms with Crippen LogP contribution < -0.4 is 11.3 Å². The molecule has 2 atom stereocenters. The van der Waals surface area contributed by atoms with Crippen LogP contribution in [0.1, 0.15) is 17.3 Å². The van der Waals surface area contributed by atoms with Crippen LogP contribution in [0.2, 0.25) is 0 Å². The predicted molar refractivity (Wildman–Crippen MR) is 69.4 cm³/mol. The number of rotatable bonds is 3. The molecule has 0 spiro atoms. The number of carbonyl (C=O) groups is 1. The van der Waals surface area contributed by atoms with E-state index in [9.17, 15) is 4.79 Å². The normalized spacial score (nSPS) is 23.2. The Morgan fingerprint density at radius 1 is 1.68 bits per heavy atom. The number of carbonyl (C=O) groups excluding carboxylic acids is 1. The summed E-state index contributed by atoms with van der Waals surface area (Å²) < 4.78 is 5.51. The Kier molecular flexibility index (Phi) is 4.31. The number of aliphatic hydroxyl groups excluding tert-OH is 1. The fraction of sp³-hybridized carbons (Fsp3) is 0.500. The molecule has 1 amide bonds. The van der Waals surface area contributed by atoms with E-state index in [0.717, 1.165) is 0 Å². The summed E-state index contributed by atoms with van der Waals surface area (Å²) in [5.74, 6) is 5.59. The van der Waals surface area contributed by atoms with Crippen LogP contribution in [0.5, 0.6) is 0 Å². The van der Waals surface area contributed by atoms with Crippen LogP contribution in [0.25, 0.3) is 0 Å². The largest absolute Gasteiger partial charge is 0.394 e. The van der Waals surface area contributed by atoms with Crippen LogP contribution in [0.15, 0.2) is 18.3 Å². The standard InChI is InChI=1S/C12H18N4O3/c1-8-5-16(6-10(7-17)19-8)12(18)9-2-3-14-11(4-9)15-13/h2-4,8,10,17H,5-7,13H2,1H3,(H,14,15). The molecule has 7 heteroatoms. The highest BCUT2D eigenvalue weighted by molar-refractivity contribution is 5.94. The maximum absolute atomic E-state index is 12.4. The number of nitrogens with two attached hydrogens (primary N) is 1. The molecule has 2 heterocycles. The van der Waals surface area contributed by atoms with Gasteiger partial charge in [-0.2, -0.15) is 0 Å². The highest BCUT2D eigenvalue weighted by atomic mass is 16.5. The molecule has 1 aliphatic rings. The number of nitrogens with one attached hydrogen (secondary N) is 1. The zero-order valence-corrected chi connectivity index (χ0v) is 10.7. The van der Waals surface area contributed by atoms with Crippen LogP contribution in [-0.2, 0) is 4.74 Å². The summed E-state index contributed by atoms with van der Waals surface area (Å²) in [6, 6.07) is 3.23. The molecular formula is C12H18N4O3. The van der Waals surface area contributed by atoms with Crippen molar-refractivity contribution in [2.75, 3.05) is 25.1 Å². The number of aliphatic hydroxyl groups is 1. The third kappa shape index (κ3) is 3.19. The van der Waals surface area contributed by atoms with Gasteiger partial charge in [0.25, 0.3) is 5.91 Å². The van der Waals surface area contributed by atoms with Gasteiger partial charge in [-0.05, 0) is 19.1 Å². The van der Waals surface area contributed by atoms with Gasteiger partial charge in [0, 0.05) is 24.8 Å². The van der Waals surface area contributed by atoms with Crippen molar-refractivity contribution < 1.29 is 14.6 Å². The summed E-state index contributed by atoms with van der Waals surface area (Å²) in [5.41, 5.74) is 2.92. The number of nitrogen functional groups attached to an aromatic ring is 1. The molecule has 0 aliphatic carbocycles. The van der Waals surface area contributed by atoms with Crippen molar-refractivity contribution >= 4 is 11.7 Å². The molecule has 2 unspecified atom stereocenters. The Morgan fingerprint density at radius 2 is 2.47 bits per heavy atom. The van der Waals surface area contributed by atoms with Crippen LogP contribution in [0.4, 0.5) is 5.82 Å². The van der Waals surface area contributed by atoms with Crippen molar-refractivity contribution in [2.45, 2.75) is 19.1 Å². The first kappa shape index (κ1) is 13.7. The summed E-state index contributed by atoms with van der Waals surface area (Å²) in [5, 5.41) is 9.16. The number of pyridine rings is 1. The second-order valence-electron chi connectivity index (χ2n) is 4.54. The first-order chi connectivity index (χ1) is 9.13. The Morgan fingerprint density at radius 3 is 3.16 bits per heavy atom. The van der Waals surface area contributed by atoms with Crippen LogP contribution >= 0.6 is 0 Å². The van der Waals surface area contributed by atoms with Gasteiger partial charge in [0.15, 0.2) is 0 Å². The molecule has 2 rings (SSSR count). The van der Waals surface area contributed by atoms with Gasteiger partial charge >= 0.3 is 0 Å². The molecular weight excluding hydrogens is 248 g/mol. The van der Waals surface area contributed by atoms with Crippen molar-refractivity contribution in [3.8, 4) is 0 Å². The first-order valence-corrected chi connectivity index (χ1v) is 6.12. The average molecular weight is 266 g/mol. The van der Waals surface area contributed by atoms with Gasteiger partial charge in [0.1, 0.15) is 5.82 Å². The Labute approximate surface area is 111 Å². The number of ether oxygens (including phenoxy) is 1. The first-order valence-electron chi connectivity index (χ1n) is 6.12. The van der Waals surface area contributed by atoms with Crippen molar-refractivity contribution in [2.24, 2.45) is 5.84 Å². The quantitative estimate of drug-likeness (QED) is 0.508. The lowest BCUT2D eigenvalue weighted by Gasteiger charge is -2.36. The van der Waals surface area contributed by atoms with E-state index >= 15 is 0 Å². The lowest BCUT2D eigenvalue weighted by molar-refractivity contribution is -0.0858. The summed E-state index contributed by atoms with van der Waals surface area (Å²) in [7, 11) is 0. The predicted octanol–water partition coefficient (Wildman–Crippen LogP) is -0.411.